The molecule has 2 saturated heterocycles. The molecule has 0 radical (unpaired) electrons. The molecular formula is C27H27F3N6O3. The summed E-state index contributed by atoms with van der Waals surface area (Å²) in [6.07, 6.45) is -1.13. The lowest BCUT2D eigenvalue weighted by molar-refractivity contribution is -0.192. The number of carbonyl (C=O) groups is 2. The smallest absolute Gasteiger partial charge is 0.475 e. The van der Waals surface area contributed by atoms with Crippen molar-refractivity contribution >= 4 is 17.7 Å². The van der Waals surface area contributed by atoms with Gasteiger partial charge in [-0.05, 0) is 43.2 Å². The minimum atomic E-state index is -5.08. The molecule has 3 aromatic rings. The van der Waals surface area contributed by atoms with Gasteiger partial charge in [-0.1, -0.05) is 12.1 Å². The van der Waals surface area contributed by atoms with Crippen LogP contribution in [-0.4, -0.2) is 77.3 Å². The largest absolute Gasteiger partial charge is 0.490 e. The molecule has 0 spiro atoms. The van der Waals surface area contributed by atoms with E-state index < -0.39 is 12.1 Å². The van der Waals surface area contributed by atoms with Gasteiger partial charge in [0.2, 0.25) is 0 Å². The van der Waals surface area contributed by atoms with Gasteiger partial charge in [0, 0.05) is 67.8 Å². The van der Waals surface area contributed by atoms with Crippen LogP contribution in [0.3, 0.4) is 0 Å². The number of likely N-dealkylation sites (tertiary alicyclic amines) is 1. The third-order valence-corrected chi connectivity index (χ3v) is 6.48. The molecule has 3 N–H and O–H groups in total. The minimum Gasteiger partial charge on any atom is -0.475 e. The van der Waals surface area contributed by atoms with E-state index in [2.05, 4.69) is 26.3 Å². The van der Waals surface area contributed by atoms with Crippen LogP contribution in [0.2, 0.25) is 0 Å². The second-order valence-electron chi connectivity index (χ2n) is 9.10. The number of nitriles is 1. The van der Waals surface area contributed by atoms with Crippen LogP contribution >= 0.6 is 0 Å². The van der Waals surface area contributed by atoms with Gasteiger partial charge in [0.25, 0.3) is 5.91 Å². The van der Waals surface area contributed by atoms with E-state index >= 15 is 0 Å². The number of nitrogens with zero attached hydrogens (tertiary/aromatic N) is 4. The van der Waals surface area contributed by atoms with E-state index in [1.165, 1.54) is 0 Å². The van der Waals surface area contributed by atoms with E-state index in [4.69, 9.17) is 9.90 Å². The van der Waals surface area contributed by atoms with E-state index in [1.807, 2.05) is 47.4 Å². The fourth-order valence-electron chi connectivity index (χ4n) is 4.46. The topological polar surface area (TPSA) is 125 Å². The summed E-state index contributed by atoms with van der Waals surface area (Å²) in [6.45, 7) is 5.27. The molecule has 0 saturated carbocycles. The highest BCUT2D eigenvalue weighted by molar-refractivity contribution is 5.94. The summed E-state index contributed by atoms with van der Waals surface area (Å²) in [5.74, 6) is -1.77. The third-order valence-electron chi connectivity index (χ3n) is 6.48. The Morgan fingerprint density at radius 2 is 1.62 bits per heavy atom. The second-order valence-corrected chi connectivity index (χ2v) is 9.10. The summed E-state index contributed by atoms with van der Waals surface area (Å²) in [5, 5.41) is 20.1. The molecule has 2 aliphatic heterocycles. The number of H-pyrrole nitrogens is 1. The van der Waals surface area contributed by atoms with Crippen LogP contribution in [0.5, 0.6) is 0 Å². The molecule has 2 fully saturated rings. The van der Waals surface area contributed by atoms with Crippen molar-refractivity contribution in [3.8, 4) is 28.6 Å². The standard InChI is InChI=1S/C25H26N6O.C2HF3O2/c26-17-21-16-23(29-24(21)30-13-9-27-10-14-30)20-7-8-28-22(15-20)18-3-5-19(6-4-18)25(32)31-11-1-2-12-31;3-2(4,5)1(6)7/h3-8,15-16,27,29H,1-2,9-14H2;(H,6,7). The Morgan fingerprint density at radius 1 is 0.974 bits per heavy atom. The number of aromatic amines is 1. The zero-order valence-electron chi connectivity index (χ0n) is 21.0. The Bertz CT molecular complexity index is 1350. The monoisotopic (exact) mass is 540 g/mol. The predicted octanol–water partition coefficient (Wildman–Crippen LogP) is 3.89. The zero-order valence-corrected chi connectivity index (χ0v) is 21.0. The minimum absolute atomic E-state index is 0.103. The van der Waals surface area contributed by atoms with Crippen molar-refractivity contribution in [2.45, 2.75) is 19.0 Å². The molecule has 0 unspecified atom stereocenters. The van der Waals surface area contributed by atoms with Gasteiger partial charge in [-0.25, -0.2) is 4.79 Å². The van der Waals surface area contributed by atoms with Crippen molar-refractivity contribution in [3.05, 3.63) is 59.8 Å². The van der Waals surface area contributed by atoms with Crippen molar-refractivity contribution in [2.24, 2.45) is 0 Å². The Labute approximate surface area is 222 Å². The van der Waals surface area contributed by atoms with Crippen LogP contribution in [-0.2, 0) is 4.79 Å². The van der Waals surface area contributed by atoms with Crippen LogP contribution in [0.1, 0.15) is 28.8 Å². The first-order valence-electron chi connectivity index (χ1n) is 12.4. The summed E-state index contributed by atoms with van der Waals surface area (Å²) in [4.78, 5) is 33.6. The first-order valence-corrected chi connectivity index (χ1v) is 12.4. The van der Waals surface area contributed by atoms with Gasteiger partial charge >= 0.3 is 12.1 Å². The van der Waals surface area contributed by atoms with Gasteiger partial charge in [0.15, 0.2) is 0 Å². The molecule has 0 bridgehead atoms. The highest BCUT2D eigenvalue weighted by Gasteiger charge is 2.38. The van der Waals surface area contributed by atoms with Crippen LogP contribution < -0.4 is 10.2 Å². The normalized spacial score (nSPS) is 15.3. The third kappa shape index (κ3) is 6.74. The maximum Gasteiger partial charge on any atom is 0.490 e. The van der Waals surface area contributed by atoms with Crippen molar-refractivity contribution in [1.82, 2.24) is 20.2 Å². The van der Waals surface area contributed by atoms with Crippen molar-refractivity contribution < 1.29 is 27.9 Å². The van der Waals surface area contributed by atoms with Gasteiger partial charge in [-0.3, -0.25) is 9.78 Å². The Kier molecular flexibility index (Phi) is 8.51. The number of carboxylic acid groups (broad SMARTS) is 1. The lowest BCUT2D eigenvalue weighted by Crippen LogP contribution is -2.44. The number of nitrogens with one attached hydrogen (secondary N) is 2. The number of benzene rings is 1. The fourth-order valence-corrected chi connectivity index (χ4v) is 4.46. The van der Waals surface area contributed by atoms with Crippen molar-refractivity contribution in [3.63, 3.8) is 0 Å². The highest BCUT2D eigenvalue weighted by Crippen LogP contribution is 2.30. The van der Waals surface area contributed by atoms with Crippen molar-refractivity contribution in [2.75, 3.05) is 44.2 Å². The van der Waals surface area contributed by atoms with Crippen LogP contribution in [0.15, 0.2) is 48.7 Å². The second kappa shape index (κ2) is 12.0. The molecule has 2 aromatic heterocycles. The van der Waals surface area contributed by atoms with Gasteiger partial charge < -0.3 is 25.2 Å². The summed E-state index contributed by atoms with van der Waals surface area (Å²) >= 11 is 0. The molecule has 1 amide bonds. The molecular weight excluding hydrogens is 513 g/mol. The number of pyridine rings is 1. The maximum absolute atomic E-state index is 12.6. The number of halogens is 3. The number of amides is 1. The number of carboxylic acids is 1. The number of aliphatic carboxylic acids is 1. The molecule has 4 heterocycles. The van der Waals surface area contributed by atoms with Crippen LogP contribution in [0.4, 0.5) is 19.0 Å². The highest BCUT2D eigenvalue weighted by atomic mass is 19.4. The summed E-state index contributed by atoms with van der Waals surface area (Å²) in [6, 6.07) is 15.9. The lowest BCUT2D eigenvalue weighted by atomic mass is 10.1. The number of aromatic nitrogens is 2. The average Bonchev–Trinajstić information content (AvgIpc) is 3.64. The molecule has 39 heavy (non-hydrogen) atoms. The van der Waals surface area contributed by atoms with Crippen LogP contribution in [0.25, 0.3) is 22.5 Å². The van der Waals surface area contributed by atoms with E-state index in [0.717, 1.165) is 86.0 Å². The Hall–Kier alpha value is -4.37. The van der Waals surface area contributed by atoms with Crippen LogP contribution in [0, 0.1) is 11.3 Å². The first kappa shape index (κ1) is 27.7. The number of piperazine rings is 1. The molecule has 0 atom stereocenters. The van der Waals surface area contributed by atoms with Gasteiger partial charge in [0.05, 0.1) is 11.3 Å². The quantitative estimate of drug-likeness (QED) is 0.458. The molecule has 204 valence electrons. The molecule has 12 heteroatoms. The lowest BCUT2D eigenvalue weighted by Gasteiger charge is -2.28. The molecule has 5 rings (SSSR count). The van der Waals surface area contributed by atoms with E-state index in [9.17, 15) is 23.2 Å². The average molecular weight is 541 g/mol. The van der Waals surface area contributed by atoms with Gasteiger partial charge in [-0.15, -0.1) is 0 Å². The Morgan fingerprint density at radius 3 is 2.21 bits per heavy atom. The first-order chi connectivity index (χ1) is 18.7. The van der Waals surface area contributed by atoms with E-state index in [0.29, 0.717) is 5.56 Å². The number of anilines is 1. The summed E-state index contributed by atoms with van der Waals surface area (Å²) in [7, 11) is 0. The molecule has 2 aliphatic rings. The van der Waals surface area contributed by atoms with E-state index in [1.54, 1.807) is 6.20 Å². The number of hydrogen-bond donors (Lipinski definition) is 3. The molecule has 1 aromatic carbocycles. The van der Waals surface area contributed by atoms with Gasteiger partial charge in [0.1, 0.15) is 11.9 Å². The summed E-state index contributed by atoms with van der Waals surface area (Å²) in [5.41, 5.74) is 5.05. The Balaban J connectivity index is 0.000000448. The molecule has 0 aliphatic carbocycles. The SMILES string of the molecule is N#Cc1cc(-c2ccnc(-c3ccc(C(=O)N4CCCC4)cc3)c2)[nH]c1N1CCNCC1.O=C(O)C(F)(F)F. The van der Waals surface area contributed by atoms with Crippen molar-refractivity contribution in [1.29, 1.82) is 5.26 Å². The molecule has 9 nitrogen and oxygen atoms in total. The number of alkyl halides is 3. The van der Waals surface area contributed by atoms with E-state index in [-0.39, 0.29) is 5.91 Å². The number of carbonyl (C=O) groups excluding carboxylic acids is 1. The maximum atomic E-state index is 12.6. The number of rotatable bonds is 4. The fraction of sp³-hybridized carbons (Fsp3) is 0.333. The predicted molar refractivity (Wildman–Crippen MR) is 138 cm³/mol. The zero-order chi connectivity index (χ0) is 28.0. The van der Waals surface area contributed by atoms with Gasteiger partial charge in [-0.2, -0.15) is 18.4 Å². The number of hydrogen-bond acceptors (Lipinski definition) is 6. The summed E-state index contributed by atoms with van der Waals surface area (Å²) < 4.78 is 31.7.